The number of hydrogen-bond donors (Lipinski definition) is 2. The fraction of sp³-hybridized carbons (Fsp3) is 0.389. The number of amides is 1. The van der Waals surface area contributed by atoms with E-state index in [2.05, 4.69) is 20.6 Å². The van der Waals surface area contributed by atoms with Crippen LogP contribution in [0.25, 0.3) is 0 Å². The van der Waals surface area contributed by atoms with Gasteiger partial charge in [0.1, 0.15) is 18.9 Å². The number of benzene rings is 1. The summed E-state index contributed by atoms with van der Waals surface area (Å²) < 4.78 is 11.1. The van der Waals surface area contributed by atoms with Crippen LogP contribution in [0.15, 0.2) is 24.3 Å². The summed E-state index contributed by atoms with van der Waals surface area (Å²) in [7, 11) is 0. The molecule has 0 fully saturated rings. The average Bonchev–Trinajstić information content (AvgIpc) is 2.52. The molecule has 2 heterocycles. The van der Waals surface area contributed by atoms with Crippen LogP contribution >= 0.6 is 0 Å². The number of rotatable bonds is 3. The molecule has 2 N–H and O–H groups in total. The highest BCUT2D eigenvalue weighted by Gasteiger charge is 2.18. The van der Waals surface area contributed by atoms with Crippen molar-refractivity contribution < 1.29 is 14.3 Å². The van der Waals surface area contributed by atoms with Gasteiger partial charge in [-0.15, -0.1) is 0 Å². The smallest absolute Gasteiger partial charge is 0.270 e. The molecule has 1 aliphatic heterocycles. The Morgan fingerprint density at radius 2 is 1.80 bits per heavy atom. The van der Waals surface area contributed by atoms with Crippen molar-refractivity contribution in [3.63, 3.8) is 0 Å². The van der Waals surface area contributed by atoms with E-state index in [0.717, 1.165) is 5.69 Å². The van der Waals surface area contributed by atoms with Crippen molar-refractivity contribution in [1.29, 1.82) is 0 Å². The normalized spacial score (nSPS) is 13.3. The van der Waals surface area contributed by atoms with Crippen LogP contribution in [0.5, 0.6) is 11.5 Å². The van der Waals surface area contributed by atoms with Gasteiger partial charge in [0.25, 0.3) is 5.91 Å². The Kier molecular flexibility index (Phi) is 4.48. The minimum atomic E-state index is -0.334. The summed E-state index contributed by atoms with van der Waals surface area (Å²) in [5, 5.41) is 6.02. The first kappa shape index (κ1) is 17.0. The molecule has 25 heavy (non-hydrogen) atoms. The fourth-order valence-corrected chi connectivity index (χ4v) is 2.40. The number of fused-ring (bicyclic) bond motifs is 1. The predicted octanol–water partition coefficient (Wildman–Crippen LogP) is 2.83. The molecule has 7 nitrogen and oxygen atoms in total. The van der Waals surface area contributed by atoms with E-state index in [-0.39, 0.29) is 11.4 Å². The number of aryl methyl sites for hydroxylation is 1. The number of carbonyl (C=O) groups is 1. The van der Waals surface area contributed by atoms with Gasteiger partial charge in [0.15, 0.2) is 11.5 Å². The minimum Gasteiger partial charge on any atom is -0.486 e. The van der Waals surface area contributed by atoms with Crippen LogP contribution in [-0.2, 0) is 0 Å². The van der Waals surface area contributed by atoms with Crippen molar-refractivity contribution >= 4 is 17.5 Å². The molecule has 7 heteroatoms. The molecule has 132 valence electrons. The highest BCUT2D eigenvalue weighted by molar-refractivity contribution is 5.93. The zero-order valence-corrected chi connectivity index (χ0v) is 14.8. The standard InChI is InChI=1S/C18H22N4O3/c1-11-9-13(16(23)22-18(2,3)4)21-17(19-11)20-12-5-6-14-15(10-12)25-8-7-24-14/h5-6,9-10H,7-8H2,1-4H3,(H,22,23)(H,19,20,21). The van der Waals surface area contributed by atoms with Crippen LogP contribution in [0.2, 0.25) is 0 Å². The van der Waals surface area contributed by atoms with E-state index in [9.17, 15) is 4.79 Å². The third-order valence-electron chi connectivity index (χ3n) is 3.37. The number of hydrogen-bond acceptors (Lipinski definition) is 6. The van der Waals surface area contributed by atoms with Gasteiger partial charge in [-0.2, -0.15) is 0 Å². The molecule has 0 spiro atoms. The Morgan fingerprint density at radius 1 is 1.08 bits per heavy atom. The molecule has 0 atom stereocenters. The molecule has 1 amide bonds. The highest BCUT2D eigenvalue weighted by Crippen LogP contribution is 2.33. The Hall–Kier alpha value is -2.83. The number of anilines is 2. The van der Waals surface area contributed by atoms with Crippen molar-refractivity contribution in [2.24, 2.45) is 0 Å². The fourth-order valence-electron chi connectivity index (χ4n) is 2.40. The van der Waals surface area contributed by atoms with Crippen molar-refractivity contribution in [3.05, 3.63) is 35.7 Å². The monoisotopic (exact) mass is 342 g/mol. The van der Waals surface area contributed by atoms with Gasteiger partial charge < -0.3 is 20.1 Å². The summed E-state index contributed by atoms with van der Waals surface area (Å²) in [4.78, 5) is 21.0. The number of carbonyl (C=O) groups excluding carboxylic acids is 1. The minimum absolute atomic E-state index is 0.233. The van der Waals surface area contributed by atoms with E-state index in [1.165, 1.54) is 0 Å². The molecule has 1 aliphatic rings. The highest BCUT2D eigenvalue weighted by atomic mass is 16.6. The van der Waals surface area contributed by atoms with E-state index in [0.29, 0.717) is 42.0 Å². The zero-order valence-electron chi connectivity index (χ0n) is 14.8. The average molecular weight is 342 g/mol. The summed E-state index contributed by atoms with van der Waals surface area (Å²) >= 11 is 0. The largest absolute Gasteiger partial charge is 0.486 e. The van der Waals surface area contributed by atoms with Gasteiger partial charge in [-0.1, -0.05) is 0 Å². The van der Waals surface area contributed by atoms with E-state index in [1.807, 2.05) is 45.9 Å². The topological polar surface area (TPSA) is 85.4 Å². The summed E-state index contributed by atoms with van der Waals surface area (Å²) in [5.74, 6) is 1.51. The summed E-state index contributed by atoms with van der Waals surface area (Å²) in [5.41, 5.74) is 1.45. The number of aromatic nitrogens is 2. The SMILES string of the molecule is Cc1cc(C(=O)NC(C)(C)C)nc(Nc2ccc3c(c2)OCCO3)n1. The van der Waals surface area contributed by atoms with Gasteiger partial charge in [0.2, 0.25) is 5.95 Å². The van der Waals surface area contributed by atoms with E-state index < -0.39 is 0 Å². The maximum atomic E-state index is 12.3. The van der Waals surface area contributed by atoms with E-state index in [4.69, 9.17) is 9.47 Å². The Labute approximate surface area is 146 Å². The molecule has 1 aromatic carbocycles. The number of nitrogens with zero attached hydrogens (tertiary/aromatic N) is 2. The molecule has 1 aromatic heterocycles. The quantitative estimate of drug-likeness (QED) is 0.892. The first-order chi connectivity index (χ1) is 11.8. The second-order valence-corrected chi connectivity index (χ2v) is 6.91. The molecular weight excluding hydrogens is 320 g/mol. The van der Waals surface area contributed by atoms with Gasteiger partial charge in [-0.3, -0.25) is 4.79 Å². The first-order valence-corrected chi connectivity index (χ1v) is 8.15. The van der Waals surface area contributed by atoms with E-state index >= 15 is 0 Å². The predicted molar refractivity (Wildman–Crippen MR) is 94.7 cm³/mol. The second kappa shape index (κ2) is 6.58. The van der Waals surface area contributed by atoms with Crippen molar-refractivity contribution in [2.75, 3.05) is 18.5 Å². The molecule has 0 bridgehead atoms. The number of nitrogens with one attached hydrogen (secondary N) is 2. The zero-order chi connectivity index (χ0) is 18.0. The van der Waals surface area contributed by atoms with Gasteiger partial charge in [-0.25, -0.2) is 9.97 Å². The summed E-state index contributed by atoms with van der Waals surface area (Å²) in [6.07, 6.45) is 0. The lowest BCUT2D eigenvalue weighted by Gasteiger charge is -2.20. The van der Waals surface area contributed by atoms with Crippen LogP contribution in [0.3, 0.4) is 0 Å². The Balaban J connectivity index is 1.82. The second-order valence-electron chi connectivity index (χ2n) is 6.91. The molecule has 0 aliphatic carbocycles. The molecule has 2 aromatic rings. The lowest BCUT2D eigenvalue weighted by atomic mass is 10.1. The number of ether oxygens (including phenoxy) is 2. The maximum Gasteiger partial charge on any atom is 0.270 e. The van der Waals surface area contributed by atoms with Gasteiger partial charge in [-0.05, 0) is 45.9 Å². The van der Waals surface area contributed by atoms with Crippen LogP contribution in [0, 0.1) is 6.92 Å². The van der Waals surface area contributed by atoms with Crippen LogP contribution < -0.4 is 20.1 Å². The van der Waals surface area contributed by atoms with Crippen LogP contribution in [-0.4, -0.2) is 34.6 Å². The van der Waals surface area contributed by atoms with Gasteiger partial charge in [0, 0.05) is 23.0 Å². The van der Waals surface area contributed by atoms with Crippen molar-refractivity contribution in [3.8, 4) is 11.5 Å². The van der Waals surface area contributed by atoms with Gasteiger partial charge in [0.05, 0.1) is 0 Å². The molecular formula is C18H22N4O3. The summed E-state index contributed by atoms with van der Waals surface area (Å²) in [6.45, 7) is 8.67. The van der Waals surface area contributed by atoms with E-state index in [1.54, 1.807) is 6.07 Å². The Bertz CT molecular complexity index is 799. The first-order valence-electron chi connectivity index (χ1n) is 8.15. The maximum absolute atomic E-state index is 12.3. The van der Waals surface area contributed by atoms with Crippen LogP contribution in [0.1, 0.15) is 37.0 Å². The van der Waals surface area contributed by atoms with Crippen LogP contribution in [0.4, 0.5) is 11.6 Å². The molecule has 3 rings (SSSR count). The van der Waals surface area contributed by atoms with Crippen molar-refractivity contribution in [1.82, 2.24) is 15.3 Å². The lowest BCUT2D eigenvalue weighted by molar-refractivity contribution is 0.0914. The Morgan fingerprint density at radius 3 is 2.52 bits per heavy atom. The van der Waals surface area contributed by atoms with Crippen molar-refractivity contribution in [2.45, 2.75) is 33.2 Å². The molecule has 0 saturated carbocycles. The summed E-state index contributed by atoms with van der Waals surface area (Å²) in [6, 6.07) is 7.18. The third-order valence-corrected chi connectivity index (χ3v) is 3.37. The molecule has 0 unspecified atom stereocenters. The van der Waals surface area contributed by atoms with Gasteiger partial charge >= 0.3 is 0 Å². The molecule has 0 radical (unpaired) electrons. The third kappa shape index (κ3) is 4.37. The molecule has 0 saturated heterocycles. The lowest BCUT2D eigenvalue weighted by Crippen LogP contribution is -2.41.